The number of halogens is 2. The molecule has 0 aliphatic heterocycles. The van der Waals surface area contributed by atoms with Gasteiger partial charge in [0.1, 0.15) is 5.75 Å². The molecule has 2 rings (SSSR count). The lowest BCUT2D eigenvalue weighted by atomic mass is 10.2. The number of para-hydroxylation sites is 1. The summed E-state index contributed by atoms with van der Waals surface area (Å²) in [6.45, 7) is 2.00. The highest BCUT2D eigenvalue weighted by Crippen LogP contribution is 2.33. The normalized spacial score (nSPS) is 10.3. The Kier molecular flexibility index (Phi) is 7.30. The number of methoxy groups -OCH3 is 1. The van der Waals surface area contributed by atoms with Gasteiger partial charge in [0.2, 0.25) is 11.8 Å². The first-order valence-electron chi connectivity index (χ1n) is 8.04. The number of rotatable bonds is 7. The zero-order valence-electron chi connectivity index (χ0n) is 14.6. The number of amides is 2. The number of ether oxygens (including phenoxy) is 1. The van der Waals surface area contributed by atoms with Crippen molar-refractivity contribution >= 4 is 40.7 Å². The lowest BCUT2D eigenvalue weighted by Crippen LogP contribution is -2.34. The monoisotopic (exact) mass is 394 g/mol. The van der Waals surface area contributed by atoms with E-state index < -0.39 is 0 Å². The summed E-state index contributed by atoms with van der Waals surface area (Å²) < 4.78 is 5.10. The summed E-state index contributed by atoms with van der Waals surface area (Å²) in [4.78, 5) is 25.5. The first kappa shape index (κ1) is 20.1. The quantitative estimate of drug-likeness (QED) is 0.769. The summed E-state index contributed by atoms with van der Waals surface area (Å²) in [6.07, 6.45) is 0.136. The molecular weight excluding hydrogens is 375 g/mol. The van der Waals surface area contributed by atoms with Crippen molar-refractivity contribution in [3.05, 3.63) is 58.1 Å². The summed E-state index contributed by atoms with van der Waals surface area (Å²) in [7, 11) is 1.60. The molecule has 0 saturated carbocycles. The lowest BCUT2D eigenvalue weighted by Gasteiger charge is -2.23. The van der Waals surface area contributed by atoms with E-state index in [9.17, 15) is 9.59 Å². The highest BCUT2D eigenvalue weighted by molar-refractivity contribution is 6.39. The fourth-order valence-corrected chi connectivity index (χ4v) is 3.02. The molecule has 2 amide bonds. The van der Waals surface area contributed by atoms with Crippen LogP contribution in [0.15, 0.2) is 42.5 Å². The molecule has 0 bridgehead atoms. The molecule has 0 unspecified atom stereocenters. The van der Waals surface area contributed by atoms with Gasteiger partial charge in [-0.2, -0.15) is 0 Å². The van der Waals surface area contributed by atoms with Crippen LogP contribution in [0.1, 0.15) is 18.9 Å². The minimum absolute atomic E-state index is 0.136. The van der Waals surface area contributed by atoms with Gasteiger partial charge in [-0.3, -0.25) is 9.59 Å². The number of anilines is 1. The number of nitrogens with zero attached hydrogens (tertiary/aromatic N) is 1. The minimum atomic E-state index is -0.233. The molecule has 138 valence electrons. The number of hydrogen-bond acceptors (Lipinski definition) is 3. The van der Waals surface area contributed by atoms with Crippen LogP contribution in [0.25, 0.3) is 0 Å². The van der Waals surface area contributed by atoms with Gasteiger partial charge < -0.3 is 15.0 Å². The fourth-order valence-electron chi connectivity index (χ4n) is 2.42. The minimum Gasteiger partial charge on any atom is -0.497 e. The van der Waals surface area contributed by atoms with Crippen LogP contribution in [0, 0.1) is 0 Å². The summed E-state index contributed by atoms with van der Waals surface area (Å²) >= 11 is 12.3. The van der Waals surface area contributed by atoms with Gasteiger partial charge in [0.15, 0.2) is 0 Å². The molecular formula is C19H20Cl2N2O3. The van der Waals surface area contributed by atoms with Crippen molar-refractivity contribution in [3.8, 4) is 5.75 Å². The first-order chi connectivity index (χ1) is 12.4. The molecule has 0 heterocycles. The number of benzene rings is 2. The van der Waals surface area contributed by atoms with Crippen LogP contribution < -0.4 is 15.0 Å². The molecule has 5 nitrogen and oxygen atoms in total. The van der Waals surface area contributed by atoms with Gasteiger partial charge in [0.25, 0.3) is 0 Å². The standard InChI is InChI=1S/C19H20Cl2N2O3/c1-13(24)23(19-16(20)4-3-5-17(19)21)11-10-18(25)22-12-14-6-8-15(26-2)9-7-14/h3-9H,10-12H2,1-2H3,(H,22,25). The van der Waals surface area contributed by atoms with Crippen LogP contribution in [0.4, 0.5) is 5.69 Å². The zero-order valence-corrected chi connectivity index (χ0v) is 16.1. The van der Waals surface area contributed by atoms with Crippen molar-refractivity contribution in [2.75, 3.05) is 18.6 Å². The highest BCUT2D eigenvalue weighted by atomic mass is 35.5. The van der Waals surface area contributed by atoms with Crippen molar-refractivity contribution in [1.82, 2.24) is 5.32 Å². The predicted molar refractivity (Wildman–Crippen MR) is 104 cm³/mol. The van der Waals surface area contributed by atoms with E-state index >= 15 is 0 Å². The third-order valence-corrected chi connectivity index (χ3v) is 4.41. The fraction of sp³-hybridized carbons (Fsp3) is 0.263. The van der Waals surface area contributed by atoms with Crippen LogP contribution in [-0.4, -0.2) is 25.5 Å². The van der Waals surface area contributed by atoms with E-state index in [1.807, 2.05) is 24.3 Å². The molecule has 0 aliphatic rings. The second kappa shape index (κ2) is 9.46. The van der Waals surface area contributed by atoms with Crippen molar-refractivity contribution in [2.45, 2.75) is 19.9 Å². The van der Waals surface area contributed by atoms with Gasteiger partial charge in [0, 0.05) is 26.4 Å². The number of nitrogens with one attached hydrogen (secondary N) is 1. The third kappa shape index (κ3) is 5.38. The average Bonchev–Trinajstić information content (AvgIpc) is 2.62. The van der Waals surface area contributed by atoms with E-state index in [2.05, 4.69) is 5.32 Å². The summed E-state index contributed by atoms with van der Waals surface area (Å²) in [6, 6.07) is 12.4. The van der Waals surface area contributed by atoms with E-state index in [1.54, 1.807) is 25.3 Å². The molecule has 7 heteroatoms. The van der Waals surface area contributed by atoms with Crippen LogP contribution in [0.5, 0.6) is 5.75 Å². The summed E-state index contributed by atoms with van der Waals surface area (Å²) in [5, 5.41) is 3.56. The van der Waals surface area contributed by atoms with Gasteiger partial charge in [-0.05, 0) is 29.8 Å². The van der Waals surface area contributed by atoms with E-state index in [1.165, 1.54) is 11.8 Å². The van der Waals surface area contributed by atoms with Crippen LogP contribution in [0.3, 0.4) is 0 Å². The predicted octanol–water partition coefficient (Wildman–Crippen LogP) is 4.06. The molecule has 2 aromatic carbocycles. The molecule has 2 aromatic rings. The SMILES string of the molecule is COc1ccc(CNC(=O)CCN(C(C)=O)c2c(Cl)cccc2Cl)cc1. The van der Waals surface area contributed by atoms with Gasteiger partial charge in [-0.1, -0.05) is 41.4 Å². The Labute approximate surface area is 162 Å². The van der Waals surface area contributed by atoms with Crippen LogP contribution >= 0.6 is 23.2 Å². The number of hydrogen-bond donors (Lipinski definition) is 1. The molecule has 0 aromatic heterocycles. The molecule has 0 atom stereocenters. The molecule has 0 radical (unpaired) electrons. The number of carbonyl (C=O) groups is 2. The van der Waals surface area contributed by atoms with Gasteiger partial charge in [-0.15, -0.1) is 0 Å². The molecule has 0 saturated heterocycles. The maximum Gasteiger partial charge on any atom is 0.223 e. The van der Waals surface area contributed by atoms with Crippen molar-refractivity contribution in [3.63, 3.8) is 0 Å². The average molecular weight is 395 g/mol. The van der Waals surface area contributed by atoms with Gasteiger partial charge in [-0.25, -0.2) is 0 Å². The van der Waals surface area contributed by atoms with E-state index in [0.717, 1.165) is 11.3 Å². The van der Waals surface area contributed by atoms with Crippen LogP contribution in [-0.2, 0) is 16.1 Å². The van der Waals surface area contributed by atoms with Crippen LogP contribution in [0.2, 0.25) is 10.0 Å². The Hall–Kier alpha value is -2.24. The van der Waals surface area contributed by atoms with E-state index in [0.29, 0.717) is 22.3 Å². The third-order valence-electron chi connectivity index (χ3n) is 3.80. The first-order valence-corrected chi connectivity index (χ1v) is 8.79. The van der Waals surface area contributed by atoms with Gasteiger partial charge in [0.05, 0.1) is 22.8 Å². The highest BCUT2D eigenvalue weighted by Gasteiger charge is 2.19. The topological polar surface area (TPSA) is 58.6 Å². The smallest absolute Gasteiger partial charge is 0.223 e. The Balaban J connectivity index is 1.94. The van der Waals surface area contributed by atoms with Crippen molar-refractivity contribution < 1.29 is 14.3 Å². The van der Waals surface area contributed by atoms with Crippen molar-refractivity contribution in [2.24, 2.45) is 0 Å². The molecule has 1 N–H and O–H groups in total. The van der Waals surface area contributed by atoms with Crippen molar-refractivity contribution in [1.29, 1.82) is 0 Å². The molecule has 0 spiro atoms. The molecule has 0 aliphatic carbocycles. The second-order valence-corrected chi connectivity index (χ2v) is 6.43. The Bertz CT molecular complexity index is 759. The largest absolute Gasteiger partial charge is 0.497 e. The second-order valence-electron chi connectivity index (χ2n) is 5.62. The molecule has 0 fully saturated rings. The lowest BCUT2D eigenvalue weighted by molar-refractivity contribution is -0.121. The maximum absolute atomic E-state index is 12.1. The Morgan fingerprint density at radius 2 is 1.69 bits per heavy atom. The summed E-state index contributed by atoms with van der Waals surface area (Å²) in [5.41, 5.74) is 1.38. The maximum atomic E-state index is 12.1. The summed E-state index contributed by atoms with van der Waals surface area (Å²) in [5.74, 6) is 0.354. The molecule has 26 heavy (non-hydrogen) atoms. The Morgan fingerprint density at radius 1 is 1.08 bits per heavy atom. The Morgan fingerprint density at radius 3 is 2.23 bits per heavy atom. The van der Waals surface area contributed by atoms with E-state index in [4.69, 9.17) is 27.9 Å². The van der Waals surface area contributed by atoms with Gasteiger partial charge >= 0.3 is 0 Å². The number of carbonyl (C=O) groups excluding carboxylic acids is 2. The van der Waals surface area contributed by atoms with E-state index in [-0.39, 0.29) is 24.8 Å². The zero-order chi connectivity index (χ0) is 19.1.